The van der Waals surface area contributed by atoms with E-state index in [1.54, 1.807) is 12.8 Å². The van der Waals surface area contributed by atoms with Gasteiger partial charge < -0.3 is 0 Å². The normalized spacial score (nSPS) is 49.1. The zero-order valence-electron chi connectivity index (χ0n) is 8.06. The highest BCUT2D eigenvalue weighted by Crippen LogP contribution is 2.61. The second-order valence-corrected chi connectivity index (χ2v) is 5.20. The molecule has 11 heavy (non-hydrogen) atoms. The van der Waals surface area contributed by atoms with E-state index < -0.39 is 0 Å². The molecule has 0 saturated heterocycles. The summed E-state index contributed by atoms with van der Waals surface area (Å²) in [5, 5.41) is 0. The van der Waals surface area contributed by atoms with Crippen LogP contribution in [0.1, 0.15) is 46.5 Å². The predicted molar refractivity (Wildman–Crippen MR) is 48.4 cm³/mol. The van der Waals surface area contributed by atoms with Crippen molar-refractivity contribution in [3.63, 3.8) is 0 Å². The van der Waals surface area contributed by atoms with Gasteiger partial charge in [-0.25, -0.2) is 0 Å². The first-order valence-corrected chi connectivity index (χ1v) is 5.14. The van der Waals surface area contributed by atoms with Gasteiger partial charge in [-0.15, -0.1) is 0 Å². The molecule has 3 fully saturated rings. The van der Waals surface area contributed by atoms with Crippen molar-refractivity contribution in [3.05, 3.63) is 0 Å². The van der Waals surface area contributed by atoms with Crippen LogP contribution in [0.2, 0.25) is 0 Å². The SMILES string of the molecule is CC1CCC2(C(C)C)CC1C2. The van der Waals surface area contributed by atoms with E-state index >= 15 is 0 Å². The summed E-state index contributed by atoms with van der Waals surface area (Å²) in [6.45, 7) is 7.26. The number of hydrogen-bond acceptors (Lipinski definition) is 0. The van der Waals surface area contributed by atoms with E-state index in [1.165, 1.54) is 12.8 Å². The molecule has 3 aliphatic carbocycles. The lowest BCUT2D eigenvalue weighted by Crippen LogP contribution is -2.48. The van der Waals surface area contributed by atoms with Crippen LogP contribution in [0.15, 0.2) is 0 Å². The Morgan fingerprint density at radius 3 is 2.27 bits per heavy atom. The maximum Gasteiger partial charge on any atom is -0.0269 e. The molecule has 0 radical (unpaired) electrons. The maximum atomic E-state index is 2.44. The molecule has 0 aliphatic heterocycles. The highest BCUT2D eigenvalue weighted by atomic mass is 14.6. The van der Waals surface area contributed by atoms with Gasteiger partial charge in [-0.2, -0.15) is 0 Å². The van der Waals surface area contributed by atoms with Crippen molar-refractivity contribution in [2.45, 2.75) is 46.5 Å². The Balaban J connectivity index is 2.04. The molecule has 0 aromatic rings. The summed E-state index contributed by atoms with van der Waals surface area (Å²) in [4.78, 5) is 0. The lowest BCUT2D eigenvalue weighted by molar-refractivity contribution is -0.0757. The van der Waals surface area contributed by atoms with Crippen LogP contribution in [-0.2, 0) is 0 Å². The molecule has 64 valence electrons. The van der Waals surface area contributed by atoms with Gasteiger partial charge in [0.2, 0.25) is 0 Å². The van der Waals surface area contributed by atoms with Gasteiger partial charge in [0.15, 0.2) is 0 Å². The highest BCUT2D eigenvalue weighted by Gasteiger charge is 2.51. The summed E-state index contributed by atoms with van der Waals surface area (Å²) in [5.74, 6) is 3.08. The standard InChI is InChI=1S/C11H20/c1-8(2)11-5-4-9(3)10(6-11)7-11/h8-10H,4-7H2,1-3H3. The topological polar surface area (TPSA) is 0 Å². The van der Waals surface area contributed by atoms with Gasteiger partial charge in [0.1, 0.15) is 0 Å². The number of hydrogen-bond donors (Lipinski definition) is 0. The molecule has 3 rings (SSSR count). The van der Waals surface area contributed by atoms with Crippen molar-refractivity contribution in [3.8, 4) is 0 Å². The smallest absolute Gasteiger partial charge is 0.0269 e. The molecule has 0 amide bonds. The molecule has 0 heteroatoms. The average molecular weight is 152 g/mol. The fraction of sp³-hybridized carbons (Fsp3) is 1.00. The van der Waals surface area contributed by atoms with Crippen LogP contribution in [0, 0.1) is 23.2 Å². The summed E-state index contributed by atoms with van der Waals surface area (Å²) >= 11 is 0. The van der Waals surface area contributed by atoms with Crippen LogP contribution < -0.4 is 0 Å². The van der Waals surface area contributed by atoms with E-state index in [0.717, 1.165) is 23.2 Å². The molecule has 0 aromatic heterocycles. The largest absolute Gasteiger partial charge is 0.0622 e. The van der Waals surface area contributed by atoms with Crippen LogP contribution in [0.25, 0.3) is 0 Å². The average Bonchev–Trinajstić information content (AvgIpc) is 1.84. The van der Waals surface area contributed by atoms with Crippen molar-refractivity contribution in [1.29, 1.82) is 0 Å². The minimum atomic E-state index is 0.803. The van der Waals surface area contributed by atoms with Crippen LogP contribution in [0.5, 0.6) is 0 Å². The molecule has 0 heterocycles. The van der Waals surface area contributed by atoms with Gasteiger partial charge in [-0.1, -0.05) is 20.8 Å². The Kier molecular flexibility index (Phi) is 1.56. The minimum Gasteiger partial charge on any atom is -0.0622 e. The van der Waals surface area contributed by atoms with Crippen LogP contribution >= 0.6 is 0 Å². The van der Waals surface area contributed by atoms with E-state index in [0.29, 0.717) is 0 Å². The Morgan fingerprint density at radius 2 is 1.91 bits per heavy atom. The van der Waals surface area contributed by atoms with E-state index in [2.05, 4.69) is 20.8 Å². The Morgan fingerprint density at radius 1 is 1.27 bits per heavy atom. The zero-order chi connectivity index (χ0) is 8.06. The molecule has 3 saturated carbocycles. The van der Waals surface area contributed by atoms with Crippen LogP contribution in [0.3, 0.4) is 0 Å². The van der Waals surface area contributed by atoms with Gasteiger partial charge in [-0.3, -0.25) is 0 Å². The second-order valence-electron chi connectivity index (χ2n) is 5.20. The Hall–Kier alpha value is 0. The zero-order valence-corrected chi connectivity index (χ0v) is 8.06. The Bertz CT molecular complexity index is 146. The summed E-state index contributed by atoms with van der Waals surface area (Å²) in [6.07, 6.45) is 6.11. The van der Waals surface area contributed by atoms with Crippen molar-refractivity contribution in [1.82, 2.24) is 0 Å². The van der Waals surface area contributed by atoms with E-state index in [4.69, 9.17) is 0 Å². The summed E-state index contributed by atoms with van der Waals surface area (Å²) < 4.78 is 0. The molecule has 0 aromatic carbocycles. The van der Waals surface area contributed by atoms with Gasteiger partial charge in [0.25, 0.3) is 0 Å². The van der Waals surface area contributed by atoms with Gasteiger partial charge >= 0.3 is 0 Å². The minimum absolute atomic E-state index is 0.803. The molecule has 0 N–H and O–H groups in total. The molecule has 2 bridgehead atoms. The number of fused-ring (bicyclic) bond motifs is 2. The summed E-state index contributed by atoms with van der Waals surface area (Å²) in [6, 6.07) is 0. The van der Waals surface area contributed by atoms with Gasteiger partial charge in [-0.05, 0) is 48.9 Å². The molecule has 1 atom stereocenters. The third-order valence-corrected chi connectivity index (χ3v) is 4.46. The van der Waals surface area contributed by atoms with Crippen LogP contribution in [0.4, 0.5) is 0 Å². The van der Waals surface area contributed by atoms with Crippen molar-refractivity contribution >= 4 is 0 Å². The first-order valence-electron chi connectivity index (χ1n) is 5.14. The van der Waals surface area contributed by atoms with Crippen LogP contribution in [-0.4, -0.2) is 0 Å². The second kappa shape index (κ2) is 2.24. The van der Waals surface area contributed by atoms with E-state index in [1.807, 2.05) is 0 Å². The van der Waals surface area contributed by atoms with Crippen molar-refractivity contribution in [2.24, 2.45) is 23.2 Å². The van der Waals surface area contributed by atoms with E-state index in [9.17, 15) is 0 Å². The molecule has 1 unspecified atom stereocenters. The molecule has 0 nitrogen and oxygen atoms in total. The third kappa shape index (κ3) is 0.947. The Labute approximate surface area is 70.4 Å². The third-order valence-electron chi connectivity index (χ3n) is 4.46. The van der Waals surface area contributed by atoms with Gasteiger partial charge in [0, 0.05) is 0 Å². The maximum absolute atomic E-state index is 2.44. The molecular formula is C11H20. The van der Waals surface area contributed by atoms with E-state index in [-0.39, 0.29) is 0 Å². The quantitative estimate of drug-likeness (QED) is 0.539. The summed E-state index contributed by atoms with van der Waals surface area (Å²) in [7, 11) is 0. The first-order chi connectivity index (χ1) is 5.14. The first kappa shape index (κ1) is 7.64. The lowest BCUT2D eigenvalue weighted by atomic mass is 9.47. The predicted octanol–water partition coefficient (Wildman–Crippen LogP) is 3.47. The molecule has 0 spiro atoms. The highest BCUT2D eigenvalue weighted by molar-refractivity contribution is 5.01. The molecular weight excluding hydrogens is 132 g/mol. The summed E-state index contributed by atoms with van der Waals surface area (Å²) in [5.41, 5.74) is 0.803. The fourth-order valence-electron chi connectivity index (χ4n) is 3.10. The van der Waals surface area contributed by atoms with Crippen molar-refractivity contribution < 1.29 is 0 Å². The fourth-order valence-corrected chi connectivity index (χ4v) is 3.10. The molecule has 3 aliphatic rings. The monoisotopic (exact) mass is 152 g/mol. The lowest BCUT2D eigenvalue weighted by Gasteiger charge is -2.58. The number of rotatable bonds is 1. The van der Waals surface area contributed by atoms with Crippen molar-refractivity contribution in [2.75, 3.05) is 0 Å². The van der Waals surface area contributed by atoms with Gasteiger partial charge in [0.05, 0.1) is 0 Å².